The van der Waals surface area contributed by atoms with E-state index in [1.54, 1.807) is 24.1 Å². The van der Waals surface area contributed by atoms with Crippen molar-refractivity contribution in [1.29, 1.82) is 0 Å². The highest BCUT2D eigenvalue weighted by Crippen LogP contribution is 2.31. The third-order valence-electron chi connectivity index (χ3n) is 4.64. The van der Waals surface area contributed by atoms with E-state index in [2.05, 4.69) is 0 Å². The third-order valence-corrected chi connectivity index (χ3v) is 7.52. The fourth-order valence-corrected chi connectivity index (χ4v) is 4.88. The van der Waals surface area contributed by atoms with E-state index in [1.807, 2.05) is 25.1 Å². The zero-order valence-corrected chi connectivity index (χ0v) is 19.1. The number of aryl methyl sites for hydroxylation is 1. The Morgan fingerprint density at radius 2 is 1.97 bits per heavy atom. The summed E-state index contributed by atoms with van der Waals surface area (Å²) in [5, 5.41) is 0.580. The zero-order chi connectivity index (χ0) is 21.9. The number of hydrogen-bond acceptors (Lipinski definition) is 6. The summed E-state index contributed by atoms with van der Waals surface area (Å²) in [6.07, 6.45) is 0.829. The molecule has 0 radical (unpaired) electrons. The van der Waals surface area contributed by atoms with Gasteiger partial charge < -0.3 is 4.74 Å². The molecule has 1 fully saturated rings. The van der Waals surface area contributed by atoms with Gasteiger partial charge in [-0.05, 0) is 49.2 Å². The molecule has 3 rings (SSSR count). The zero-order valence-electron chi connectivity index (χ0n) is 17.5. The largest absolute Gasteiger partial charge is 0.494 e. The van der Waals surface area contributed by atoms with E-state index in [9.17, 15) is 13.2 Å². The lowest BCUT2D eigenvalue weighted by molar-refractivity contribution is 0.0849. The van der Waals surface area contributed by atoms with E-state index in [1.165, 1.54) is 38.0 Å². The molecule has 0 N–H and O–H groups in total. The number of amidine groups is 1. The minimum absolute atomic E-state index is 0.0851. The van der Waals surface area contributed by atoms with Crippen LogP contribution in [0.2, 0.25) is 0 Å². The number of ether oxygens (including phenoxy) is 1. The smallest absolute Gasteiger partial charge is 0.259 e. The van der Waals surface area contributed by atoms with Gasteiger partial charge in [0.2, 0.25) is 10.0 Å². The number of methoxy groups -OCH3 is 1. The Balaban J connectivity index is 1.98. The Morgan fingerprint density at radius 3 is 2.67 bits per heavy atom. The van der Waals surface area contributed by atoms with Crippen LogP contribution >= 0.6 is 11.8 Å². The molecule has 1 aliphatic rings. The van der Waals surface area contributed by atoms with Gasteiger partial charge in [0.05, 0.1) is 12.0 Å². The Bertz CT molecular complexity index is 1080. The highest BCUT2D eigenvalue weighted by molar-refractivity contribution is 8.13. The highest BCUT2D eigenvalue weighted by atomic mass is 32.2. The average Bonchev–Trinajstić information content (AvgIpc) is 2.74. The van der Waals surface area contributed by atoms with Crippen molar-refractivity contribution in [1.82, 2.24) is 9.21 Å². The van der Waals surface area contributed by atoms with Crippen molar-refractivity contribution >= 4 is 38.5 Å². The summed E-state index contributed by atoms with van der Waals surface area (Å²) in [5.74, 6) is 1.21. The number of thioether (sulfide) groups is 1. The van der Waals surface area contributed by atoms with Gasteiger partial charge in [0, 0.05) is 32.0 Å². The summed E-state index contributed by atoms with van der Waals surface area (Å²) in [5.41, 5.74) is 2.00. The van der Waals surface area contributed by atoms with E-state index < -0.39 is 10.0 Å². The van der Waals surface area contributed by atoms with Crippen molar-refractivity contribution in [3.8, 4) is 5.75 Å². The summed E-state index contributed by atoms with van der Waals surface area (Å²) in [4.78, 5) is 19.7. The number of carbonyl (C=O) groups excluding carboxylic acids is 1. The fraction of sp³-hybridized carbons (Fsp3) is 0.333. The molecule has 9 heteroatoms. The SMILES string of the molecule is COc1ccc(C)cc1N=C1SCCCN1C(=O)c1cccc(S(=O)(=O)N(C)C)c1. The normalized spacial score (nSPS) is 16.2. The quantitative estimate of drug-likeness (QED) is 0.701. The van der Waals surface area contributed by atoms with Crippen LogP contribution in [0.1, 0.15) is 22.3 Å². The van der Waals surface area contributed by atoms with Crippen molar-refractivity contribution in [3.05, 3.63) is 53.6 Å². The molecular weight excluding hydrogens is 422 g/mol. The fourth-order valence-electron chi connectivity index (χ4n) is 2.99. The first-order valence-corrected chi connectivity index (χ1v) is 11.9. The Kier molecular flexibility index (Phi) is 6.84. The molecule has 0 aliphatic carbocycles. The number of benzene rings is 2. The molecule has 0 atom stereocenters. The minimum Gasteiger partial charge on any atom is -0.494 e. The highest BCUT2D eigenvalue weighted by Gasteiger charge is 2.27. The second-order valence-electron chi connectivity index (χ2n) is 7.04. The van der Waals surface area contributed by atoms with Crippen LogP contribution in [0.3, 0.4) is 0 Å². The van der Waals surface area contributed by atoms with Crippen molar-refractivity contribution in [2.75, 3.05) is 33.5 Å². The Labute approximate surface area is 181 Å². The number of nitrogens with zero attached hydrogens (tertiary/aromatic N) is 3. The summed E-state index contributed by atoms with van der Waals surface area (Å²) in [6.45, 7) is 2.49. The molecule has 1 heterocycles. The number of sulfonamides is 1. The number of amides is 1. The third kappa shape index (κ3) is 4.69. The molecule has 2 aromatic carbocycles. The second kappa shape index (κ2) is 9.20. The average molecular weight is 448 g/mol. The van der Waals surface area contributed by atoms with Crippen LogP contribution < -0.4 is 4.74 Å². The summed E-state index contributed by atoms with van der Waals surface area (Å²) in [6, 6.07) is 11.8. The number of carbonyl (C=O) groups is 1. The summed E-state index contributed by atoms with van der Waals surface area (Å²) >= 11 is 1.50. The molecule has 30 heavy (non-hydrogen) atoms. The minimum atomic E-state index is -3.63. The van der Waals surface area contributed by atoms with E-state index in [0.29, 0.717) is 28.7 Å². The van der Waals surface area contributed by atoms with Crippen molar-refractivity contribution < 1.29 is 17.9 Å². The number of aliphatic imine (C=N–C) groups is 1. The Morgan fingerprint density at radius 1 is 1.20 bits per heavy atom. The molecule has 1 saturated heterocycles. The monoisotopic (exact) mass is 447 g/mol. The van der Waals surface area contributed by atoms with E-state index in [4.69, 9.17) is 9.73 Å². The molecular formula is C21H25N3O4S2. The molecule has 160 valence electrons. The molecule has 0 bridgehead atoms. The molecule has 0 spiro atoms. The van der Waals surface area contributed by atoms with E-state index in [0.717, 1.165) is 22.0 Å². The van der Waals surface area contributed by atoms with Crippen molar-refractivity contribution in [2.45, 2.75) is 18.2 Å². The molecule has 0 aromatic heterocycles. The maximum atomic E-state index is 13.3. The first kappa shape index (κ1) is 22.3. The van der Waals surface area contributed by atoms with Crippen molar-refractivity contribution in [3.63, 3.8) is 0 Å². The van der Waals surface area contributed by atoms with Gasteiger partial charge in [0.15, 0.2) is 5.17 Å². The van der Waals surface area contributed by atoms with Crippen LogP contribution in [-0.4, -0.2) is 62.2 Å². The Hall–Kier alpha value is -2.36. The second-order valence-corrected chi connectivity index (χ2v) is 10.3. The van der Waals surface area contributed by atoms with Crippen LogP contribution in [0.5, 0.6) is 5.75 Å². The van der Waals surface area contributed by atoms with E-state index in [-0.39, 0.29) is 10.8 Å². The lowest BCUT2D eigenvalue weighted by atomic mass is 10.2. The van der Waals surface area contributed by atoms with Gasteiger partial charge in [-0.2, -0.15) is 0 Å². The van der Waals surface area contributed by atoms with Crippen LogP contribution in [0.15, 0.2) is 52.4 Å². The molecule has 2 aromatic rings. The van der Waals surface area contributed by atoms with Gasteiger partial charge in [0.25, 0.3) is 5.91 Å². The molecule has 1 aliphatic heterocycles. The van der Waals surface area contributed by atoms with Crippen LogP contribution in [0.4, 0.5) is 5.69 Å². The molecule has 0 saturated carbocycles. The lowest BCUT2D eigenvalue weighted by Crippen LogP contribution is -2.39. The topological polar surface area (TPSA) is 79.3 Å². The number of hydrogen-bond donors (Lipinski definition) is 0. The van der Waals surface area contributed by atoms with Crippen LogP contribution in [0.25, 0.3) is 0 Å². The van der Waals surface area contributed by atoms with Gasteiger partial charge in [-0.25, -0.2) is 17.7 Å². The predicted molar refractivity (Wildman–Crippen MR) is 120 cm³/mol. The molecule has 7 nitrogen and oxygen atoms in total. The van der Waals surface area contributed by atoms with Gasteiger partial charge in [0.1, 0.15) is 11.4 Å². The maximum Gasteiger partial charge on any atom is 0.259 e. The standard InChI is InChI=1S/C21H25N3O4S2/c1-15-9-10-19(28-4)18(13-15)22-21-24(11-6-12-29-21)20(25)16-7-5-8-17(14-16)30(26,27)23(2)3/h5,7-10,13-14H,6,11-12H2,1-4H3. The lowest BCUT2D eigenvalue weighted by Gasteiger charge is -2.28. The summed E-state index contributed by atoms with van der Waals surface area (Å²) < 4.78 is 31.4. The maximum absolute atomic E-state index is 13.3. The predicted octanol–water partition coefficient (Wildman–Crippen LogP) is 3.52. The molecule has 1 amide bonds. The van der Waals surface area contributed by atoms with E-state index >= 15 is 0 Å². The first-order valence-electron chi connectivity index (χ1n) is 9.44. The number of rotatable bonds is 5. The van der Waals surface area contributed by atoms with Crippen molar-refractivity contribution in [2.24, 2.45) is 4.99 Å². The first-order chi connectivity index (χ1) is 14.2. The molecule has 0 unspecified atom stereocenters. The van der Waals surface area contributed by atoms with Crippen LogP contribution in [0, 0.1) is 6.92 Å². The van der Waals surface area contributed by atoms with Crippen LogP contribution in [-0.2, 0) is 10.0 Å². The summed E-state index contributed by atoms with van der Waals surface area (Å²) in [7, 11) is 0.883. The van der Waals surface area contributed by atoms with Gasteiger partial charge in [-0.3, -0.25) is 9.69 Å². The van der Waals surface area contributed by atoms with Gasteiger partial charge >= 0.3 is 0 Å². The van der Waals surface area contributed by atoms with Gasteiger partial charge in [-0.1, -0.05) is 23.9 Å². The van der Waals surface area contributed by atoms with Gasteiger partial charge in [-0.15, -0.1) is 0 Å².